The Morgan fingerprint density at radius 2 is 2.21 bits per heavy atom. The summed E-state index contributed by atoms with van der Waals surface area (Å²) in [6.07, 6.45) is -1.78. The molecule has 0 saturated heterocycles. The van der Waals surface area contributed by atoms with E-state index in [1.165, 1.54) is 0 Å². The summed E-state index contributed by atoms with van der Waals surface area (Å²) in [4.78, 5) is 14.3. The predicted octanol–water partition coefficient (Wildman–Crippen LogP) is 3.08. The topological polar surface area (TPSA) is 50.2 Å². The summed E-state index contributed by atoms with van der Waals surface area (Å²) in [7, 11) is 0. The zero-order chi connectivity index (χ0) is 10.9. The molecular weight excluding hydrogens is 375 g/mol. The van der Waals surface area contributed by atoms with E-state index in [4.69, 9.17) is 5.11 Å². The lowest BCUT2D eigenvalue weighted by atomic mass is 10.2. The maximum atomic E-state index is 12.3. The zero-order valence-corrected chi connectivity index (χ0v) is 10.2. The largest absolute Gasteiger partial charge is 0.478 e. The van der Waals surface area contributed by atoms with Crippen LogP contribution in [0.4, 0.5) is 8.78 Å². The maximum absolute atomic E-state index is 12.3. The summed E-state index contributed by atoms with van der Waals surface area (Å²) in [5.74, 6) is -1.28. The van der Waals surface area contributed by atoms with Crippen LogP contribution in [0.2, 0.25) is 0 Å². The molecule has 3 nitrogen and oxygen atoms in total. The van der Waals surface area contributed by atoms with Crippen molar-refractivity contribution in [1.82, 2.24) is 4.98 Å². The predicted molar refractivity (Wildman–Crippen MR) is 56.6 cm³/mol. The third kappa shape index (κ3) is 2.19. The van der Waals surface area contributed by atoms with Gasteiger partial charge in [0.25, 0.3) is 6.43 Å². The van der Waals surface area contributed by atoms with Gasteiger partial charge in [0.15, 0.2) is 0 Å². The average Bonchev–Trinajstić information content (AvgIpc) is 2.02. The molecule has 0 spiro atoms. The Morgan fingerprint density at radius 3 is 2.64 bits per heavy atom. The van der Waals surface area contributed by atoms with E-state index in [1.54, 1.807) is 22.6 Å². The number of carboxylic acid groups (broad SMARTS) is 1. The Morgan fingerprint density at radius 1 is 1.64 bits per heavy atom. The van der Waals surface area contributed by atoms with Crippen LogP contribution in [0.15, 0.2) is 10.7 Å². The highest BCUT2D eigenvalue weighted by Crippen LogP contribution is 2.31. The number of rotatable bonds is 2. The molecule has 0 aliphatic heterocycles. The molecular formula is C7H3BrF2INO2. The van der Waals surface area contributed by atoms with E-state index in [0.717, 1.165) is 6.20 Å². The second-order valence-corrected chi connectivity index (χ2v) is 4.11. The van der Waals surface area contributed by atoms with Crippen molar-refractivity contribution in [2.45, 2.75) is 6.43 Å². The number of hydrogen-bond donors (Lipinski definition) is 1. The zero-order valence-electron chi connectivity index (χ0n) is 6.47. The Labute approximate surface area is 99.8 Å². The molecule has 0 aliphatic carbocycles. The number of alkyl halides is 2. The van der Waals surface area contributed by atoms with Crippen molar-refractivity contribution in [3.63, 3.8) is 0 Å². The van der Waals surface area contributed by atoms with E-state index in [0.29, 0.717) is 0 Å². The Bertz CT molecular complexity index is 386. The molecule has 0 bridgehead atoms. The highest BCUT2D eigenvalue weighted by atomic mass is 127. The summed E-state index contributed by atoms with van der Waals surface area (Å²) in [5.41, 5.74) is -0.647. The molecule has 7 heteroatoms. The number of nitrogens with zero attached hydrogens (tertiary/aromatic N) is 1. The quantitative estimate of drug-likeness (QED) is 0.636. The monoisotopic (exact) mass is 377 g/mol. The molecule has 1 heterocycles. The Hall–Kier alpha value is -0.310. The SMILES string of the molecule is O=C(O)c1c(I)ncc(C(F)F)c1Br. The molecule has 0 radical (unpaired) electrons. The Balaban J connectivity index is 3.41. The van der Waals surface area contributed by atoms with Crippen molar-refractivity contribution in [1.29, 1.82) is 0 Å². The molecule has 76 valence electrons. The van der Waals surface area contributed by atoms with E-state index < -0.39 is 18.0 Å². The molecule has 14 heavy (non-hydrogen) atoms. The van der Waals surface area contributed by atoms with Crippen molar-refractivity contribution in [2.75, 3.05) is 0 Å². The van der Waals surface area contributed by atoms with Crippen LogP contribution < -0.4 is 0 Å². The molecule has 1 aromatic heterocycles. The fraction of sp³-hybridized carbons (Fsp3) is 0.143. The smallest absolute Gasteiger partial charge is 0.339 e. The lowest BCUT2D eigenvalue weighted by Crippen LogP contribution is -2.06. The van der Waals surface area contributed by atoms with Gasteiger partial charge in [-0.25, -0.2) is 18.6 Å². The van der Waals surface area contributed by atoms with Crippen molar-refractivity contribution in [3.8, 4) is 0 Å². The molecule has 1 N–H and O–H groups in total. The molecule has 0 aliphatic rings. The number of aromatic carboxylic acids is 1. The van der Waals surface area contributed by atoms with Gasteiger partial charge in [-0.2, -0.15) is 0 Å². The van der Waals surface area contributed by atoms with Gasteiger partial charge >= 0.3 is 5.97 Å². The van der Waals surface area contributed by atoms with Crippen molar-refractivity contribution in [3.05, 3.63) is 25.5 Å². The van der Waals surface area contributed by atoms with E-state index in [2.05, 4.69) is 20.9 Å². The first-order valence-corrected chi connectivity index (χ1v) is 5.17. The van der Waals surface area contributed by atoms with Crippen LogP contribution >= 0.6 is 38.5 Å². The van der Waals surface area contributed by atoms with Gasteiger partial charge in [-0.1, -0.05) is 0 Å². The number of aromatic nitrogens is 1. The van der Waals surface area contributed by atoms with Gasteiger partial charge in [-0.05, 0) is 38.5 Å². The lowest BCUT2D eigenvalue weighted by molar-refractivity contribution is 0.0693. The summed E-state index contributed by atoms with van der Waals surface area (Å²) >= 11 is 4.50. The number of carbonyl (C=O) groups is 1. The summed E-state index contributed by atoms with van der Waals surface area (Å²) in [6, 6.07) is 0. The van der Waals surface area contributed by atoms with Crippen LogP contribution in [-0.4, -0.2) is 16.1 Å². The second-order valence-electron chi connectivity index (χ2n) is 2.30. The first kappa shape index (κ1) is 11.8. The number of hydrogen-bond acceptors (Lipinski definition) is 2. The van der Waals surface area contributed by atoms with Crippen LogP contribution in [0.1, 0.15) is 22.3 Å². The first-order valence-electron chi connectivity index (χ1n) is 3.30. The Kier molecular flexibility index (Phi) is 3.76. The molecule has 1 rings (SSSR count). The minimum atomic E-state index is -2.74. The van der Waals surface area contributed by atoms with Gasteiger partial charge in [0.1, 0.15) is 9.26 Å². The van der Waals surface area contributed by atoms with Crippen molar-refractivity contribution < 1.29 is 18.7 Å². The minimum Gasteiger partial charge on any atom is -0.478 e. The fourth-order valence-electron chi connectivity index (χ4n) is 0.817. The third-order valence-electron chi connectivity index (χ3n) is 1.45. The fourth-order valence-corrected chi connectivity index (χ4v) is 2.46. The second kappa shape index (κ2) is 4.47. The van der Waals surface area contributed by atoms with Gasteiger partial charge < -0.3 is 5.11 Å². The molecule has 0 amide bonds. The van der Waals surface area contributed by atoms with Gasteiger partial charge in [0.05, 0.1) is 5.56 Å². The number of pyridine rings is 1. The van der Waals surface area contributed by atoms with Crippen LogP contribution in [0.3, 0.4) is 0 Å². The number of carboxylic acids is 1. The first-order chi connectivity index (χ1) is 6.45. The highest BCUT2D eigenvalue weighted by molar-refractivity contribution is 14.1. The van der Waals surface area contributed by atoms with Crippen LogP contribution in [0, 0.1) is 3.70 Å². The molecule has 0 unspecified atom stereocenters. The van der Waals surface area contributed by atoms with E-state index in [9.17, 15) is 13.6 Å². The van der Waals surface area contributed by atoms with Crippen LogP contribution in [0.25, 0.3) is 0 Å². The number of halogens is 4. The third-order valence-corrected chi connectivity index (χ3v) is 3.12. The van der Waals surface area contributed by atoms with Crippen molar-refractivity contribution >= 4 is 44.5 Å². The average molecular weight is 378 g/mol. The molecule has 0 saturated carbocycles. The molecule has 0 aromatic carbocycles. The van der Waals surface area contributed by atoms with Gasteiger partial charge in [-0.15, -0.1) is 0 Å². The van der Waals surface area contributed by atoms with Crippen molar-refractivity contribution in [2.24, 2.45) is 0 Å². The van der Waals surface area contributed by atoms with Gasteiger partial charge in [-0.3, -0.25) is 0 Å². The van der Waals surface area contributed by atoms with E-state index >= 15 is 0 Å². The highest BCUT2D eigenvalue weighted by Gasteiger charge is 2.21. The van der Waals surface area contributed by atoms with Crippen LogP contribution in [0.5, 0.6) is 0 Å². The normalized spacial score (nSPS) is 10.6. The maximum Gasteiger partial charge on any atom is 0.339 e. The van der Waals surface area contributed by atoms with E-state index in [-0.39, 0.29) is 13.7 Å². The minimum absolute atomic E-state index is 0.112. The van der Waals surface area contributed by atoms with E-state index in [1.807, 2.05) is 0 Å². The van der Waals surface area contributed by atoms with Crippen LogP contribution in [-0.2, 0) is 0 Å². The molecule has 0 atom stereocenters. The molecule has 0 fully saturated rings. The summed E-state index contributed by atoms with van der Waals surface area (Å²) < 4.78 is 24.7. The summed E-state index contributed by atoms with van der Waals surface area (Å²) in [6.45, 7) is 0. The standard InChI is InChI=1S/C7H3BrF2INO2/c8-4-2(5(9)10)1-12-6(11)3(4)7(13)14/h1,5H,(H,13,14). The van der Waals surface area contributed by atoms with Gasteiger partial charge in [0.2, 0.25) is 0 Å². The van der Waals surface area contributed by atoms with Gasteiger partial charge in [0, 0.05) is 10.7 Å². The molecule has 1 aromatic rings. The lowest BCUT2D eigenvalue weighted by Gasteiger charge is -2.06. The summed E-state index contributed by atoms with van der Waals surface area (Å²) in [5, 5.41) is 8.73.